The number of rotatable bonds is 5. The topological polar surface area (TPSA) is 73.6 Å². The number of nitrogens with one attached hydrogen (secondary N) is 1. The van der Waals surface area contributed by atoms with Gasteiger partial charge in [-0.15, -0.1) is 0 Å². The Hall–Kier alpha value is -1.82. The lowest BCUT2D eigenvalue weighted by Crippen LogP contribution is -2.15. The van der Waals surface area contributed by atoms with Crippen molar-refractivity contribution in [2.45, 2.75) is 6.42 Å². The van der Waals surface area contributed by atoms with E-state index in [2.05, 4.69) is 5.32 Å². The number of nitro benzene ring substituents is 1. The summed E-state index contributed by atoms with van der Waals surface area (Å²) < 4.78 is 10.8. The van der Waals surface area contributed by atoms with Crippen LogP contribution < -0.4 is 14.8 Å². The monoisotopic (exact) mass is 252 g/mol. The van der Waals surface area contributed by atoms with Crippen molar-refractivity contribution in [1.82, 2.24) is 5.32 Å². The van der Waals surface area contributed by atoms with Crippen molar-refractivity contribution in [3.05, 3.63) is 28.3 Å². The maximum atomic E-state index is 10.7. The van der Waals surface area contributed by atoms with Gasteiger partial charge in [-0.25, -0.2) is 0 Å². The van der Waals surface area contributed by atoms with Gasteiger partial charge in [-0.2, -0.15) is 0 Å². The summed E-state index contributed by atoms with van der Waals surface area (Å²) in [5.74, 6) is 1.40. The number of benzene rings is 1. The molecule has 1 aliphatic heterocycles. The zero-order valence-corrected chi connectivity index (χ0v) is 10.2. The van der Waals surface area contributed by atoms with Crippen LogP contribution in [0.25, 0.3) is 0 Å². The highest BCUT2D eigenvalue weighted by molar-refractivity contribution is 5.48. The second-order valence-corrected chi connectivity index (χ2v) is 4.26. The minimum absolute atomic E-state index is 0.00958. The number of hydrogen-bond donors (Lipinski definition) is 1. The second kappa shape index (κ2) is 5.68. The van der Waals surface area contributed by atoms with Gasteiger partial charge in [0.2, 0.25) is 0 Å². The molecule has 2 rings (SSSR count). The summed E-state index contributed by atoms with van der Waals surface area (Å²) in [4.78, 5) is 10.3. The molecule has 1 fully saturated rings. The second-order valence-electron chi connectivity index (χ2n) is 4.26. The lowest BCUT2D eigenvalue weighted by Gasteiger charge is -2.13. The molecule has 0 amide bonds. The van der Waals surface area contributed by atoms with Crippen LogP contribution in [0.5, 0.6) is 11.5 Å². The third-order valence-corrected chi connectivity index (χ3v) is 2.99. The predicted octanol–water partition coefficient (Wildman–Crippen LogP) is 1.59. The van der Waals surface area contributed by atoms with Gasteiger partial charge >= 0.3 is 0 Å². The first kappa shape index (κ1) is 12.6. The van der Waals surface area contributed by atoms with E-state index in [0.717, 1.165) is 19.5 Å². The molecule has 1 aromatic carbocycles. The number of nitro groups is 1. The minimum Gasteiger partial charge on any atom is -0.493 e. The maximum absolute atomic E-state index is 10.7. The molecule has 1 heterocycles. The molecule has 1 aliphatic rings. The molecule has 0 saturated carbocycles. The molecule has 18 heavy (non-hydrogen) atoms. The third-order valence-electron chi connectivity index (χ3n) is 2.99. The molecule has 1 aromatic rings. The average Bonchev–Trinajstić information content (AvgIpc) is 2.89. The molecule has 6 nitrogen and oxygen atoms in total. The zero-order chi connectivity index (χ0) is 13.0. The summed E-state index contributed by atoms with van der Waals surface area (Å²) in [6, 6.07) is 4.37. The molecule has 1 N–H and O–H groups in total. The Labute approximate surface area is 105 Å². The zero-order valence-electron chi connectivity index (χ0n) is 10.2. The van der Waals surface area contributed by atoms with Crippen LogP contribution >= 0.6 is 0 Å². The molecular formula is C12H16N2O4. The van der Waals surface area contributed by atoms with Crippen LogP contribution in [0.2, 0.25) is 0 Å². The van der Waals surface area contributed by atoms with Crippen molar-refractivity contribution in [2.24, 2.45) is 5.92 Å². The number of nitrogens with zero attached hydrogens (tertiary/aromatic N) is 1. The molecule has 0 bridgehead atoms. The predicted molar refractivity (Wildman–Crippen MR) is 66.1 cm³/mol. The molecule has 0 aliphatic carbocycles. The largest absolute Gasteiger partial charge is 0.493 e. The van der Waals surface area contributed by atoms with Crippen LogP contribution in [0.3, 0.4) is 0 Å². The van der Waals surface area contributed by atoms with Gasteiger partial charge in [-0.05, 0) is 19.0 Å². The average molecular weight is 252 g/mol. The van der Waals surface area contributed by atoms with Gasteiger partial charge in [-0.1, -0.05) is 0 Å². The molecule has 1 saturated heterocycles. The van der Waals surface area contributed by atoms with Crippen LogP contribution in [-0.4, -0.2) is 31.7 Å². The molecule has 0 spiro atoms. The van der Waals surface area contributed by atoms with Gasteiger partial charge < -0.3 is 14.8 Å². The lowest BCUT2D eigenvalue weighted by molar-refractivity contribution is -0.385. The Morgan fingerprint density at radius 1 is 1.50 bits per heavy atom. The van der Waals surface area contributed by atoms with E-state index in [1.165, 1.54) is 19.2 Å². The van der Waals surface area contributed by atoms with Gasteiger partial charge in [0.05, 0.1) is 24.7 Å². The highest BCUT2D eigenvalue weighted by atomic mass is 16.6. The molecular weight excluding hydrogens is 236 g/mol. The Kier molecular flexibility index (Phi) is 3.99. The summed E-state index contributed by atoms with van der Waals surface area (Å²) in [6.45, 7) is 2.47. The Bertz CT molecular complexity index is 430. The first-order valence-corrected chi connectivity index (χ1v) is 5.86. The first-order chi connectivity index (χ1) is 8.70. The number of methoxy groups -OCH3 is 1. The maximum Gasteiger partial charge on any atom is 0.273 e. The lowest BCUT2D eigenvalue weighted by atomic mass is 10.1. The van der Waals surface area contributed by atoms with Gasteiger partial charge in [0.15, 0.2) is 11.5 Å². The van der Waals surface area contributed by atoms with E-state index in [4.69, 9.17) is 9.47 Å². The number of ether oxygens (including phenoxy) is 2. The summed E-state index contributed by atoms with van der Waals surface area (Å²) in [7, 11) is 1.52. The number of non-ortho nitro benzene ring substituents is 1. The van der Waals surface area contributed by atoms with Crippen molar-refractivity contribution in [2.75, 3.05) is 26.8 Å². The SMILES string of the molecule is COc1ccc([N+](=O)[O-])cc1OCC1CCNC1. The van der Waals surface area contributed by atoms with Gasteiger partial charge in [-0.3, -0.25) is 10.1 Å². The highest BCUT2D eigenvalue weighted by Crippen LogP contribution is 2.31. The van der Waals surface area contributed by atoms with E-state index < -0.39 is 4.92 Å². The van der Waals surface area contributed by atoms with Gasteiger partial charge in [0.25, 0.3) is 5.69 Å². The van der Waals surface area contributed by atoms with Gasteiger partial charge in [0.1, 0.15) is 0 Å². The normalized spacial score (nSPS) is 18.6. The van der Waals surface area contributed by atoms with E-state index >= 15 is 0 Å². The summed E-state index contributed by atoms with van der Waals surface area (Å²) in [5.41, 5.74) is 0.00958. The van der Waals surface area contributed by atoms with Crippen LogP contribution in [0.15, 0.2) is 18.2 Å². The first-order valence-electron chi connectivity index (χ1n) is 5.86. The van der Waals surface area contributed by atoms with Crippen molar-refractivity contribution in [3.8, 4) is 11.5 Å². The van der Waals surface area contributed by atoms with E-state index in [-0.39, 0.29) is 5.69 Å². The highest BCUT2D eigenvalue weighted by Gasteiger charge is 2.17. The standard InChI is InChI=1S/C12H16N2O4/c1-17-11-3-2-10(14(15)16)6-12(11)18-8-9-4-5-13-7-9/h2-3,6,9,13H,4-5,7-8H2,1H3. The molecule has 1 unspecified atom stereocenters. The third kappa shape index (κ3) is 2.89. The van der Waals surface area contributed by atoms with Crippen molar-refractivity contribution in [3.63, 3.8) is 0 Å². The summed E-state index contributed by atoms with van der Waals surface area (Å²) >= 11 is 0. The van der Waals surface area contributed by atoms with E-state index in [1.807, 2.05) is 0 Å². The molecule has 98 valence electrons. The fraction of sp³-hybridized carbons (Fsp3) is 0.500. The summed E-state index contributed by atoms with van der Waals surface area (Å²) in [6.07, 6.45) is 1.07. The van der Waals surface area contributed by atoms with Crippen LogP contribution in [0, 0.1) is 16.0 Å². The smallest absolute Gasteiger partial charge is 0.273 e. The Balaban J connectivity index is 2.08. The Morgan fingerprint density at radius 2 is 2.33 bits per heavy atom. The van der Waals surface area contributed by atoms with Crippen molar-refractivity contribution >= 4 is 5.69 Å². The fourth-order valence-electron chi connectivity index (χ4n) is 1.96. The minimum atomic E-state index is -0.441. The van der Waals surface area contributed by atoms with Crippen LogP contribution in [0.4, 0.5) is 5.69 Å². The fourth-order valence-corrected chi connectivity index (χ4v) is 1.96. The van der Waals surface area contributed by atoms with Crippen molar-refractivity contribution in [1.29, 1.82) is 0 Å². The Morgan fingerprint density at radius 3 is 2.94 bits per heavy atom. The van der Waals surface area contributed by atoms with Crippen LogP contribution in [0.1, 0.15) is 6.42 Å². The molecule has 1 atom stereocenters. The van der Waals surface area contributed by atoms with Crippen LogP contribution in [-0.2, 0) is 0 Å². The molecule has 0 aromatic heterocycles. The summed E-state index contributed by atoms with van der Waals surface area (Å²) in [5, 5.41) is 14.0. The van der Waals surface area contributed by atoms with Crippen molar-refractivity contribution < 1.29 is 14.4 Å². The van der Waals surface area contributed by atoms with Gasteiger partial charge in [0, 0.05) is 18.5 Å². The van der Waals surface area contributed by atoms with E-state index in [9.17, 15) is 10.1 Å². The number of hydrogen-bond acceptors (Lipinski definition) is 5. The van der Waals surface area contributed by atoms with E-state index in [1.54, 1.807) is 6.07 Å². The molecule has 6 heteroatoms. The van der Waals surface area contributed by atoms with E-state index in [0.29, 0.717) is 24.0 Å². The quantitative estimate of drug-likeness (QED) is 0.636. The molecule has 0 radical (unpaired) electrons.